The molecule has 0 radical (unpaired) electrons. The zero-order valence-corrected chi connectivity index (χ0v) is 11.9. The van der Waals surface area contributed by atoms with Gasteiger partial charge in [0.2, 0.25) is 0 Å². The molecule has 0 saturated carbocycles. The van der Waals surface area contributed by atoms with E-state index in [4.69, 9.17) is 5.11 Å². The third-order valence-corrected chi connectivity index (χ3v) is 4.26. The smallest absolute Gasteiger partial charge is 0.263 e. The number of aliphatic hydroxyl groups is 1. The molecular formula is C14H16N2O3S. The second kappa shape index (κ2) is 6.02. The molecule has 0 spiro atoms. The van der Waals surface area contributed by atoms with Gasteiger partial charge in [-0.25, -0.2) is 13.4 Å². The van der Waals surface area contributed by atoms with E-state index in [-0.39, 0.29) is 17.3 Å². The number of nitrogens with zero attached hydrogens (tertiary/aromatic N) is 1. The van der Waals surface area contributed by atoms with Crippen LogP contribution in [0.15, 0.2) is 47.5 Å². The van der Waals surface area contributed by atoms with Gasteiger partial charge in [0.25, 0.3) is 10.0 Å². The van der Waals surface area contributed by atoms with Gasteiger partial charge in [-0.1, -0.05) is 25.1 Å². The molecule has 2 N–H and O–H groups in total. The van der Waals surface area contributed by atoms with Crippen LogP contribution in [0.2, 0.25) is 0 Å². The quantitative estimate of drug-likeness (QED) is 0.882. The van der Waals surface area contributed by atoms with Gasteiger partial charge in [-0.3, -0.25) is 4.72 Å². The Labute approximate surface area is 118 Å². The minimum atomic E-state index is -3.63. The first-order valence-electron chi connectivity index (χ1n) is 6.22. The number of pyridine rings is 1. The maximum atomic E-state index is 12.2. The first-order chi connectivity index (χ1) is 9.55. The second-order valence-electron chi connectivity index (χ2n) is 4.31. The van der Waals surface area contributed by atoms with Gasteiger partial charge >= 0.3 is 0 Å². The summed E-state index contributed by atoms with van der Waals surface area (Å²) in [5, 5.41) is 8.91. The van der Waals surface area contributed by atoms with Crippen molar-refractivity contribution in [3.63, 3.8) is 0 Å². The number of hydrogen-bond donors (Lipinski definition) is 2. The van der Waals surface area contributed by atoms with Gasteiger partial charge in [0.1, 0.15) is 5.82 Å². The molecule has 1 aromatic heterocycles. The Kier molecular flexibility index (Phi) is 4.36. The van der Waals surface area contributed by atoms with Gasteiger partial charge in [-0.15, -0.1) is 0 Å². The molecule has 5 nitrogen and oxygen atoms in total. The molecule has 0 aliphatic heterocycles. The Morgan fingerprint density at radius 1 is 1.10 bits per heavy atom. The summed E-state index contributed by atoms with van der Waals surface area (Å²) in [4.78, 5) is 4.14. The average Bonchev–Trinajstić information content (AvgIpc) is 2.48. The lowest BCUT2D eigenvalue weighted by Gasteiger charge is -2.08. The minimum absolute atomic E-state index is 0.126. The first kappa shape index (κ1) is 14.5. The standard InChI is InChI=1S/C14H16N2O3S/c1-2-11-3-6-13(7-4-11)20(18,19)16-14-8-5-12(10-17)9-15-14/h3-9,17H,2,10H2,1H3,(H,15,16). The summed E-state index contributed by atoms with van der Waals surface area (Å²) in [7, 11) is -3.63. The van der Waals surface area contributed by atoms with Gasteiger partial charge in [-0.2, -0.15) is 0 Å². The van der Waals surface area contributed by atoms with Crippen molar-refractivity contribution in [1.82, 2.24) is 4.98 Å². The van der Waals surface area contributed by atoms with E-state index in [0.29, 0.717) is 5.56 Å². The van der Waals surface area contributed by atoms with Crippen LogP contribution in [0.4, 0.5) is 5.82 Å². The van der Waals surface area contributed by atoms with Crippen LogP contribution in [0.3, 0.4) is 0 Å². The Bertz CT molecular complexity index is 665. The second-order valence-corrected chi connectivity index (χ2v) is 6.00. The number of aromatic nitrogens is 1. The monoisotopic (exact) mass is 292 g/mol. The predicted molar refractivity (Wildman–Crippen MR) is 76.8 cm³/mol. The molecule has 20 heavy (non-hydrogen) atoms. The number of hydrogen-bond acceptors (Lipinski definition) is 4. The van der Waals surface area contributed by atoms with Crippen LogP contribution in [-0.4, -0.2) is 18.5 Å². The zero-order valence-electron chi connectivity index (χ0n) is 11.1. The number of nitrogens with one attached hydrogen (secondary N) is 1. The normalized spacial score (nSPS) is 11.3. The predicted octanol–water partition coefficient (Wildman–Crippen LogP) is 1.94. The third kappa shape index (κ3) is 3.34. The SMILES string of the molecule is CCc1ccc(S(=O)(=O)Nc2ccc(CO)cn2)cc1. The molecule has 1 aromatic carbocycles. The summed E-state index contributed by atoms with van der Waals surface area (Å²) in [5.74, 6) is 0.224. The van der Waals surface area contributed by atoms with E-state index in [1.165, 1.54) is 12.3 Å². The maximum absolute atomic E-state index is 12.2. The summed E-state index contributed by atoms with van der Waals surface area (Å²) >= 11 is 0. The molecule has 2 aromatic rings. The molecule has 1 heterocycles. The fraction of sp³-hybridized carbons (Fsp3) is 0.214. The molecule has 106 valence electrons. The van der Waals surface area contributed by atoms with Crippen LogP contribution in [0, 0.1) is 0 Å². The van der Waals surface area contributed by atoms with Crippen LogP contribution in [0.5, 0.6) is 0 Å². The molecule has 0 atom stereocenters. The van der Waals surface area contributed by atoms with Crippen molar-refractivity contribution < 1.29 is 13.5 Å². The maximum Gasteiger partial charge on any atom is 0.263 e. The lowest BCUT2D eigenvalue weighted by atomic mass is 10.2. The lowest BCUT2D eigenvalue weighted by molar-refractivity contribution is 0.281. The van der Waals surface area contributed by atoms with Gasteiger partial charge in [0.15, 0.2) is 0 Å². The number of sulfonamides is 1. The fourth-order valence-corrected chi connectivity index (χ4v) is 2.69. The summed E-state index contributed by atoms with van der Waals surface area (Å²) in [6, 6.07) is 9.86. The molecule has 0 unspecified atom stereocenters. The van der Waals surface area contributed by atoms with Crippen LogP contribution in [-0.2, 0) is 23.1 Å². The van der Waals surface area contributed by atoms with E-state index in [0.717, 1.165) is 12.0 Å². The van der Waals surface area contributed by atoms with Crippen molar-refractivity contribution in [2.24, 2.45) is 0 Å². The van der Waals surface area contributed by atoms with E-state index < -0.39 is 10.0 Å². The number of aliphatic hydroxyl groups excluding tert-OH is 1. The van der Waals surface area contributed by atoms with Crippen molar-refractivity contribution in [2.45, 2.75) is 24.8 Å². The molecule has 0 bridgehead atoms. The highest BCUT2D eigenvalue weighted by Crippen LogP contribution is 2.15. The fourth-order valence-electron chi connectivity index (χ4n) is 1.68. The Morgan fingerprint density at radius 3 is 2.25 bits per heavy atom. The van der Waals surface area contributed by atoms with Crippen LogP contribution in [0.25, 0.3) is 0 Å². The Hall–Kier alpha value is -1.92. The van der Waals surface area contributed by atoms with Gasteiger partial charge in [0, 0.05) is 6.20 Å². The third-order valence-electron chi connectivity index (χ3n) is 2.89. The number of anilines is 1. The number of rotatable bonds is 5. The van der Waals surface area contributed by atoms with Gasteiger partial charge in [0.05, 0.1) is 11.5 Å². The Balaban J connectivity index is 2.20. The van der Waals surface area contributed by atoms with Crippen LogP contribution < -0.4 is 4.72 Å². The van der Waals surface area contributed by atoms with Gasteiger partial charge < -0.3 is 5.11 Å². The molecule has 0 aliphatic carbocycles. The Morgan fingerprint density at radius 2 is 1.75 bits per heavy atom. The summed E-state index contributed by atoms with van der Waals surface area (Å²) in [6.07, 6.45) is 2.29. The molecule has 6 heteroatoms. The number of aryl methyl sites for hydroxylation is 1. The minimum Gasteiger partial charge on any atom is -0.392 e. The van der Waals surface area contributed by atoms with E-state index in [1.807, 2.05) is 6.92 Å². The van der Waals surface area contributed by atoms with E-state index in [9.17, 15) is 8.42 Å². The summed E-state index contributed by atoms with van der Waals surface area (Å²) in [6.45, 7) is 1.88. The zero-order chi connectivity index (χ0) is 14.6. The average molecular weight is 292 g/mol. The molecule has 0 amide bonds. The molecule has 0 aliphatic rings. The molecule has 2 rings (SSSR count). The first-order valence-corrected chi connectivity index (χ1v) is 7.71. The van der Waals surface area contributed by atoms with Crippen LogP contribution >= 0.6 is 0 Å². The highest BCUT2D eigenvalue weighted by atomic mass is 32.2. The molecule has 0 fully saturated rings. The molecule has 0 saturated heterocycles. The van der Waals surface area contributed by atoms with Gasteiger partial charge in [-0.05, 0) is 35.7 Å². The highest BCUT2D eigenvalue weighted by molar-refractivity contribution is 7.92. The van der Waals surface area contributed by atoms with E-state index >= 15 is 0 Å². The van der Waals surface area contributed by atoms with E-state index in [2.05, 4.69) is 9.71 Å². The number of benzene rings is 1. The topological polar surface area (TPSA) is 79.3 Å². The largest absolute Gasteiger partial charge is 0.392 e. The van der Waals surface area contributed by atoms with Crippen molar-refractivity contribution in [1.29, 1.82) is 0 Å². The van der Waals surface area contributed by atoms with Crippen LogP contribution in [0.1, 0.15) is 18.1 Å². The summed E-state index contributed by atoms with van der Waals surface area (Å²) in [5.41, 5.74) is 1.70. The van der Waals surface area contributed by atoms with Crippen molar-refractivity contribution in [3.8, 4) is 0 Å². The van der Waals surface area contributed by atoms with Crippen molar-refractivity contribution >= 4 is 15.8 Å². The lowest BCUT2D eigenvalue weighted by Crippen LogP contribution is -2.14. The molecular weight excluding hydrogens is 276 g/mol. The summed E-state index contributed by atoms with van der Waals surface area (Å²) < 4.78 is 26.7. The highest BCUT2D eigenvalue weighted by Gasteiger charge is 2.14. The van der Waals surface area contributed by atoms with Crippen molar-refractivity contribution in [2.75, 3.05) is 4.72 Å². The van der Waals surface area contributed by atoms with Crippen molar-refractivity contribution in [3.05, 3.63) is 53.7 Å². The van der Waals surface area contributed by atoms with E-state index in [1.54, 1.807) is 30.3 Å².